The molecule has 1 fully saturated rings. The lowest BCUT2D eigenvalue weighted by atomic mass is 9.87. The number of anilines is 1. The molecule has 0 spiro atoms. The number of piperidine rings is 1. The Balaban J connectivity index is 1.97. The highest BCUT2D eigenvalue weighted by Crippen LogP contribution is 2.35. The SMILES string of the molecule is O=C(Nc1ccc(C2CCNCC2)cc1C1=CCS(=O)(=O)CC1)C(F)(F)F. The monoisotopic (exact) mass is 402 g/mol. The largest absolute Gasteiger partial charge is 0.471 e. The predicted molar refractivity (Wildman–Crippen MR) is 97.2 cm³/mol. The van der Waals surface area contributed by atoms with E-state index in [1.807, 2.05) is 5.32 Å². The maximum absolute atomic E-state index is 12.7. The lowest BCUT2D eigenvalue weighted by Crippen LogP contribution is -2.30. The molecular formula is C18H21F3N2O3S. The van der Waals surface area contributed by atoms with Crippen LogP contribution in [0.15, 0.2) is 24.3 Å². The van der Waals surface area contributed by atoms with Crippen molar-refractivity contribution in [3.8, 4) is 0 Å². The quantitative estimate of drug-likeness (QED) is 0.815. The molecule has 2 aliphatic rings. The fourth-order valence-electron chi connectivity index (χ4n) is 3.46. The van der Waals surface area contributed by atoms with E-state index < -0.39 is 21.9 Å². The van der Waals surface area contributed by atoms with Gasteiger partial charge in [0.15, 0.2) is 9.84 Å². The van der Waals surface area contributed by atoms with E-state index in [0.717, 1.165) is 31.5 Å². The molecule has 9 heteroatoms. The second-order valence-electron chi connectivity index (χ2n) is 6.87. The van der Waals surface area contributed by atoms with E-state index in [-0.39, 0.29) is 29.5 Å². The molecule has 2 N–H and O–H groups in total. The van der Waals surface area contributed by atoms with Crippen molar-refractivity contribution in [2.24, 2.45) is 0 Å². The number of carbonyl (C=O) groups excluding carboxylic acids is 1. The summed E-state index contributed by atoms with van der Waals surface area (Å²) in [6.45, 7) is 1.74. The van der Waals surface area contributed by atoms with Crippen molar-refractivity contribution in [1.29, 1.82) is 0 Å². The van der Waals surface area contributed by atoms with E-state index in [9.17, 15) is 26.4 Å². The molecule has 27 heavy (non-hydrogen) atoms. The third-order valence-electron chi connectivity index (χ3n) is 4.97. The summed E-state index contributed by atoms with van der Waals surface area (Å²) < 4.78 is 61.3. The summed E-state index contributed by atoms with van der Waals surface area (Å²) in [5.74, 6) is -1.96. The van der Waals surface area contributed by atoms with Gasteiger partial charge in [0.25, 0.3) is 0 Å². The third kappa shape index (κ3) is 4.90. The molecule has 5 nitrogen and oxygen atoms in total. The van der Waals surface area contributed by atoms with E-state index in [1.165, 1.54) is 12.1 Å². The van der Waals surface area contributed by atoms with Crippen LogP contribution >= 0.6 is 0 Å². The van der Waals surface area contributed by atoms with Crippen molar-refractivity contribution in [2.75, 3.05) is 29.9 Å². The first kappa shape index (κ1) is 19.9. The van der Waals surface area contributed by atoms with Crippen LogP contribution in [-0.4, -0.2) is 45.1 Å². The van der Waals surface area contributed by atoms with Gasteiger partial charge in [-0.15, -0.1) is 0 Å². The van der Waals surface area contributed by atoms with Crippen LogP contribution in [0.1, 0.15) is 36.3 Å². The summed E-state index contributed by atoms with van der Waals surface area (Å²) in [7, 11) is -3.17. The molecule has 3 rings (SSSR count). The zero-order chi connectivity index (χ0) is 19.7. The van der Waals surface area contributed by atoms with E-state index in [4.69, 9.17) is 0 Å². The molecule has 2 heterocycles. The summed E-state index contributed by atoms with van der Waals surface area (Å²) in [5, 5.41) is 5.20. The highest BCUT2D eigenvalue weighted by atomic mass is 32.2. The Morgan fingerprint density at radius 2 is 1.89 bits per heavy atom. The van der Waals surface area contributed by atoms with Crippen LogP contribution in [0.3, 0.4) is 0 Å². The molecule has 1 saturated heterocycles. The Morgan fingerprint density at radius 3 is 2.48 bits per heavy atom. The number of benzene rings is 1. The topological polar surface area (TPSA) is 75.3 Å². The Kier molecular flexibility index (Phi) is 5.62. The van der Waals surface area contributed by atoms with Crippen LogP contribution in [0.4, 0.5) is 18.9 Å². The van der Waals surface area contributed by atoms with Crippen molar-refractivity contribution in [2.45, 2.75) is 31.4 Å². The number of rotatable bonds is 3. The summed E-state index contributed by atoms with van der Waals surface area (Å²) in [5.41, 5.74) is 2.17. The minimum atomic E-state index is -4.99. The minimum absolute atomic E-state index is 0.0525. The maximum Gasteiger partial charge on any atom is 0.471 e. The molecule has 0 atom stereocenters. The van der Waals surface area contributed by atoms with Crippen molar-refractivity contribution in [3.63, 3.8) is 0 Å². The zero-order valence-electron chi connectivity index (χ0n) is 14.6. The molecular weight excluding hydrogens is 381 g/mol. The number of allylic oxidation sites excluding steroid dienone is 1. The van der Waals surface area contributed by atoms with E-state index >= 15 is 0 Å². The van der Waals surface area contributed by atoms with E-state index in [1.54, 1.807) is 12.1 Å². The Bertz CT molecular complexity index is 857. The van der Waals surface area contributed by atoms with Gasteiger partial charge in [0.05, 0.1) is 11.5 Å². The van der Waals surface area contributed by atoms with Gasteiger partial charge in [0.2, 0.25) is 0 Å². The number of alkyl halides is 3. The lowest BCUT2D eigenvalue weighted by molar-refractivity contribution is -0.167. The third-order valence-corrected chi connectivity index (χ3v) is 6.47. The number of amides is 1. The average Bonchev–Trinajstić information content (AvgIpc) is 2.62. The predicted octanol–water partition coefficient (Wildman–Crippen LogP) is 2.86. The smallest absolute Gasteiger partial charge is 0.318 e. The van der Waals surface area contributed by atoms with Crippen LogP contribution in [-0.2, 0) is 14.6 Å². The molecule has 1 aromatic carbocycles. The van der Waals surface area contributed by atoms with E-state index in [0.29, 0.717) is 11.1 Å². The summed E-state index contributed by atoms with van der Waals surface area (Å²) in [4.78, 5) is 11.4. The summed E-state index contributed by atoms with van der Waals surface area (Å²) >= 11 is 0. The van der Waals surface area contributed by atoms with Gasteiger partial charge < -0.3 is 10.6 Å². The van der Waals surface area contributed by atoms with Crippen LogP contribution in [0.5, 0.6) is 0 Å². The summed E-state index contributed by atoms with van der Waals surface area (Å²) in [6, 6.07) is 5.03. The van der Waals surface area contributed by atoms with Crippen molar-refractivity contribution < 1.29 is 26.4 Å². The van der Waals surface area contributed by atoms with Crippen LogP contribution in [0.2, 0.25) is 0 Å². The van der Waals surface area contributed by atoms with Crippen molar-refractivity contribution in [1.82, 2.24) is 5.32 Å². The standard InChI is InChI=1S/C18H21F3N2O3S/c19-18(20,21)17(24)23-16-2-1-14(12-3-7-22-8-4-12)11-15(16)13-5-9-27(25,26)10-6-13/h1-2,5,11-12,22H,3-4,6-10H2,(H,23,24). The lowest BCUT2D eigenvalue weighted by Gasteiger charge is -2.25. The fourth-order valence-corrected chi connectivity index (χ4v) is 4.61. The van der Waals surface area contributed by atoms with Crippen LogP contribution in [0, 0.1) is 0 Å². The molecule has 1 amide bonds. The molecule has 1 aromatic rings. The fraction of sp³-hybridized carbons (Fsp3) is 0.500. The van der Waals surface area contributed by atoms with Gasteiger partial charge in [-0.1, -0.05) is 12.1 Å². The number of sulfone groups is 1. The highest BCUT2D eigenvalue weighted by molar-refractivity contribution is 7.91. The Morgan fingerprint density at radius 1 is 1.19 bits per heavy atom. The first-order valence-corrected chi connectivity index (χ1v) is 10.6. The molecule has 0 saturated carbocycles. The van der Waals surface area contributed by atoms with E-state index in [2.05, 4.69) is 5.32 Å². The zero-order valence-corrected chi connectivity index (χ0v) is 15.4. The Labute approximate surface area is 155 Å². The highest BCUT2D eigenvalue weighted by Gasteiger charge is 2.39. The van der Waals surface area contributed by atoms with Crippen molar-refractivity contribution in [3.05, 3.63) is 35.4 Å². The number of nitrogens with one attached hydrogen (secondary N) is 2. The van der Waals surface area contributed by atoms with Gasteiger partial charge in [-0.2, -0.15) is 13.2 Å². The number of hydrogen-bond donors (Lipinski definition) is 2. The number of halogens is 3. The second-order valence-corrected chi connectivity index (χ2v) is 9.10. The molecule has 0 bridgehead atoms. The second kappa shape index (κ2) is 7.63. The molecule has 0 radical (unpaired) electrons. The first-order valence-electron chi connectivity index (χ1n) is 8.78. The van der Waals surface area contributed by atoms with Crippen LogP contribution in [0.25, 0.3) is 5.57 Å². The molecule has 0 aliphatic carbocycles. The van der Waals surface area contributed by atoms with Crippen LogP contribution < -0.4 is 10.6 Å². The van der Waals surface area contributed by atoms with Gasteiger partial charge in [0.1, 0.15) is 0 Å². The molecule has 148 valence electrons. The normalized spacial score (nSPS) is 20.8. The van der Waals surface area contributed by atoms with Gasteiger partial charge in [-0.3, -0.25) is 4.79 Å². The summed E-state index contributed by atoms with van der Waals surface area (Å²) in [6.07, 6.45) is -1.41. The van der Waals surface area contributed by atoms with Gasteiger partial charge in [0, 0.05) is 11.3 Å². The molecule has 2 aliphatic heterocycles. The van der Waals surface area contributed by atoms with Gasteiger partial charge >= 0.3 is 12.1 Å². The maximum atomic E-state index is 12.7. The van der Waals surface area contributed by atoms with Crippen molar-refractivity contribution >= 4 is 27.0 Å². The first-order chi connectivity index (χ1) is 12.7. The minimum Gasteiger partial charge on any atom is -0.318 e. The average molecular weight is 402 g/mol. The Hall–Kier alpha value is -1.87. The number of hydrogen-bond acceptors (Lipinski definition) is 4. The van der Waals surface area contributed by atoms with Gasteiger partial charge in [-0.05, 0) is 61.5 Å². The molecule has 0 unspecified atom stereocenters. The van der Waals surface area contributed by atoms with Gasteiger partial charge in [-0.25, -0.2) is 8.42 Å². The molecule has 0 aromatic heterocycles. The number of carbonyl (C=O) groups is 1.